The fourth-order valence-electron chi connectivity index (χ4n) is 2.32. The maximum absolute atomic E-state index is 14.0. The van der Waals surface area contributed by atoms with Crippen molar-refractivity contribution in [3.8, 4) is 0 Å². The molecule has 0 aromatic heterocycles. The molecule has 0 fully saturated rings. The molecule has 1 atom stereocenters. The Labute approximate surface area is 123 Å². The van der Waals surface area contributed by atoms with E-state index in [0.717, 1.165) is 18.4 Å². The van der Waals surface area contributed by atoms with E-state index < -0.39 is 0 Å². The van der Waals surface area contributed by atoms with E-state index in [9.17, 15) is 4.39 Å². The van der Waals surface area contributed by atoms with Gasteiger partial charge in [-0.3, -0.25) is 5.84 Å². The van der Waals surface area contributed by atoms with E-state index in [0.29, 0.717) is 10.6 Å². The predicted octanol–water partition coefficient (Wildman–Crippen LogP) is 3.98. The zero-order chi connectivity index (χ0) is 14.5. The van der Waals surface area contributed by atoms with E-state index in [4.69, 9.17) is 17.4 Å². The number of halogens is 2. The minimum atomic E-state index is -0.385. The third-order valence-corrected chi connectivity index (χ3v) is 3.50. The second-order valence-corrected chi connectivity index (χ2v) is 5.20. The zero-order valence-electron chi connectivity index (χ0n) is 11.4. The summed E-state index contributed by atoms with van der Waals surface area (Å²) in [5.74, 6) is 5.26. The SMILES string of the molecule is CCCc1cccc(C(NN)c2ccc(Cl)cc2F)c1. The summed E-state index contributed by atoms with van der Waals surface area (Å²) in [5, 5.41) is 0.377. The zero-order valence-corrected chi connectivity index (χ0v) is 12.1. The molecule has 2 rings (SSSR count). The highest BCUT2D eigenvalue weighted by molar-refractivity contribution is 6.30. The van der Waals surface area contributed by atoms with Crippen LogP contribution in [0.25, 0.3) is 0 Å². The fraction of sp³-hybridized carbons (Fsp3) is 0.250. The van der Waals surface area contributed by atoms with Crippen LogP contribution in [0.1, 0.15) is 36.1 Å². The van der Waals surface area contributed by atoms with E-state index in [2.05, 4.69) is 24.5 Å². The molecular formula is C16H18ClFN2. The van der Waals surface area contributed by atoms with Crippen molar-refractivity contribution in [1.29, 1.82) is 0 Å². The largest absolute Gasteiger partial charge is 0.271 e. The number of nitrogens with two attached hydrogens (primary N) is 1. The van der Waals surface area contributed by atoms with Crippen molar-refractivity contribution in [3.05, 3.63) is 70.0 Å². The van der Waals surface area contributed by atoms with Crippen molar-refractivity contribution in [1.82, 2.24) is 5.43 Å². The third-order valence-electron chi connectivity index (χ3n) is 3.26. The molecule has 0 aliphatic rings. The second kappa shape index (κ2) is 6.84. The van der Waals surface area contributed by atoms with Crippen LogP contribution in [0, 0.1) is 5.82 Å². The van der Waals surface area contributed by atoms with Crippen LogP contribution in [-0.4, -0.2) is 0 Å². The first-order chi connectivity index (χ1) is 9.65. The van der Waals surface area contributed by atoms with Crippen LogP contribution < -0.4 is 11.3 Å². The third kappa shape index (κ3) is 3.37. The highest BCUT2D eigenvalue weighted by Crippen LogP contribution is 2.26. The van der Waals surface area contributed by atoms with Crippen LogP contribution in [0.15, 0.2) is 42.5 Å². The first-order valence-corrected chi connectivity index (χ1v) is 7.03. The first-order valence-electron chi connectivity index (χ1n) is 6.65. The summed E-state index contributed by atoms with van der Waals surface area (Å²) in [7, 11) is 0. The quantitative estimate of drug-likeness (QED) is 0.646. The van der Waals surface area contributed by atoms with E-state index in [1.807, 2.05) is 12.1 Å². The van der Waals surface area contributed by atoms with Gasteiger partial charge in [0.1, 0.15) is 5.82 Å². The number of hydrazine groups is 1. The lowest BCUT2D eigenvalue weighted by Crippen LogP contribution is -2.29. The normalized spacial score (nSPS) is 12.4. The molecule has 2 nitrogen and oxygen atoms in total. The Morgan fingerprint density at radius 3 is 2.70 bits per heavy atom. The van der Waals surface area contributed by atoms with Gasteiger partial charge in [-0.05, 0) is 29.7 Å². The van der Waals surface area contributed by atoms with Crippen molar-refractivity contribution in [2.45, 2.75) is 25.8 Å². The van der Waals surface area contributed by atoms with E-state index in [1.165, 1.54) is 11.6 Å². The van der Waals surface area contributed by atoms with Crippen molar-refractivity contribution in [3.63, 3.8) is 0 Å². The smallest absolute Gasteiger partial charge is 0.129 e. The van der Waals surface area contributed by atoms with Crippen LogP contribution in [0.2, 0.25) is 5.02 Å². The summed E-state index contributed by atoms with van der Waals surface area (Å²) in [6, 6.07) is 12.3. The fourth-order valence-corrected chi connectivity index (χ4v) is 2.48. The predicted molar refractivity (Wildman–Crippen MR) is 81.0 cm³/mol. The molecular weight excluding hydrogens is 275 g/mol. The van der Waals surface area contributed by atoms with Crippen LogP contribution in [0.4, 0.5) is 4.39 Å². The highest BCUT2D eigenvalue weighted by Gasteiger charge is 2.17. The van der Waals surface area contributed by atoms with Crippen molar-refractivity contribution >= 4 is 11.6 Å². The molecule has 1 unspecified atom stereocenters. The number of hydrogen-bond donors (Lipinski definition) is 2. The van der Waals surface area contributed by atoms with Crippen LogP contribution in [-0.2, 0) is 6.42 Å². The summed E-state index contributed by atoms with van der Waals surface area (Å²) in [6.45, 7) is 2.13. The summed E-state index contributed by atoms with van der Waals surface area (Å²) < 4.78 is 14.0. The summed E-state index contributed by atoms with van der Waals surface area (Å²) in [4.78, 5) is 0. The van der Waals surface area contributed by atoms with E-state index in [1.54, 1.807) is 12.1 Å². The van der Waals surface area contributed by atoms with Gasteiger partial charge in [-0.15, -0.1) is 0 Å². The Balaban J connectivity index is 2.38. The molecule has 0 heterocycles. The molecule has 0 radical (unpaired) electrons. The van der Waals surface area contributed by atoms with Gasteiger partial charge in [0.15, 0.2) is 0 Å². The molecule has 106 valence electrons. The molecule has 2 aromatic carbocycles. The Bertz CT molecular complexity index is 586. The number of benzene rings is 2. The van der Waals surface area contributed by atoms with Gasteiger partial charge in [-0.1, -0.05) is 55.3 Å². The van der Waals surface area contributed by atoms with E-state index >= 15 is 0 Å². The molecule has 0 saturated heterocycles. The number of hydrogen-bond acceptors (Lipinski definition) is 2. The molecule has 0 amide bonds. The maximum atomic E-state index is 14.0. The first kappa shape index (κ1) is 15.0. The van der Waals surface area contributed by atoms with Gasteiger partial charge in [0, 0.05) is 10.6 Å². The minimum absolute atomic E-state index is 0.360. The number of rotatable bonds is 5. The summed E-state index contributed by atoms with van der Waals surface area (Å²) in [5.41, 5.74) is 5.34. The molecule has 3 N–H and O–H groups in total. The molecule has 0 aliphatic heterocycles. The van der Waals surface area contributed by atoms with Gasteiger partial charge in [0.2, 0.25) is 0 Å². The van der Waals surface area contributed by atoms with Gasteiger partial charge < -0.3 is 0 Å². The molecule has 0 spiro atoms. The standard InChI is InChI=1S/C16H18ClFN2/c1-2-4-11-5-3-6-12(9-11)16(20-19)14-8-7-13(17)10-15(14)18/h3,5-10,16,20H,2,4,19H2,1H3. The lowest BCUT2D eigenvalue weighted by Gasteiger charge is -2.18. The average molecular weight is 293 g/mol. The topological polar surface area (TPSA) is 38.0 Å². The highest BCUT2D eigenvalue weighted by atomic mass is 35.5. The van der Waals surface area contributed by atoms with Gasteiger partial charge in [-0.2, -0.15) is 0 Å². The molecule has 0 bridgehead atoms. The van der Waals surface area contributed by atoms with Crippen molar-refractivity contribution in [2.75, 3.05) is 0 Å². The van der Waals surface area contributed by atoms with Crippen LogP contribution in [0.3, 0.4) is 0 Å². The lowest BCUT2D eigenvalue weighted by atomic mass is 9.96. The second-order valence-electron chi connectivity index (χ2n) is 4.76. The molecule has 0 saturated carbocycles. The minimum Gasteiger partial charge on any atom is -0.271 e. The molecule has 20 heavy (non-hydrogen) atoms. The lowest BCUT2D eigenvalue weighted by molar-refractivity contribution is 0.560. The average Bonchev–Trinajstić information content (AvgIpc) is 2.43. The number of nitrogens with one attached hydrogen (secondary N) is 1. The number of aryl methyl sites for hydroxylation is 1. The summed E-state index contributed by atoms with van der Waals surface area (Å²) in [6.07, 6.45) is 2.06. The maximum Gasteiger partial charge on any atom is 0.129 e. The Kier molecular flexibility index (Phi) is 5.12. The van der Waals surface area contributed by atoms with Crippen molar-refractivity contribution in [2.24, 2.45) is 5.84 Å². The Morgan fingerprint density at radius 1 is 1.25 bits per heavy atom. The van der Waals surface area contributed by atoms with Crippen LogP contribution >= 0.6 is 11.6 Å². The van der Waals surface area contributed by atoms with E-state index in [-0.39, 0.29) is 11.9 Å². The van der Waals surface area contributed by atoms with Gasteiger partial charge in [-0.25, -0.2) is 9.82 Å². The van der Waals surface area contributed by atoms with Gasteiger partial charge in [0.05, 0.1) is 6.04 Å². The molecule has 4 heteroatoms. The van der Waals surface area contributed by atoms with Gasteiger partial charge in [0.25, 0.3) is 0 Å². The summed E-state index contributed by atoms with van der Waals surface area (Å²) >= 11 is 5.79. The Morgan fingerprint density at radius 2 is 2.05 bits per heavy atom. The molecule has 2 aromatic rings. The Hall–Kier alpha value is -1.42. The van der Waals surface area contributed by atoms with Crippen LogP contribution in [0.5, 0.6) is 0 Å². The van der Waals surface area contributed by atoms with Crippen molar-refractivity contribution < 1.29 is 4.39 Å². The monoisotopic (exact) mass is 292 g/mol. The van der Waals surface area contributed by atoms with Gasteiger partial charge >= 0.3 is 0 Å². The molecule has 0 aliphatic carbocycles.